The predicted molar refractivity (Wildman–Crippen MR) is 68.4 cm³/mol. The molecule has 1 N–H and O–H groups in total. The van der Waals surface area contributed by atoms with E-state index < -0.39 is 0 Å². The lowest BCUT2D eigenvalue weighted by atomic mass is 10.1. The maximum Gasteiger partial charge on any atom is 0.0717 e. The van der Waals surface area contributed by atoms with Gasteiger partial charge in [0.15, 0.2) is 0 Å². The Bertz CT molecular complexity index is 255. The molecule has 2 nitrogen and oxygen atoms in total. The molecular weight excluding hydrogens is 198 g/mol. The molecule has 0 amide bonds. The number of rotatable bonds is 8. The minimum atomic E-state index is 0.638. The van der Waals surface area contributed by atoms with Crippen LogP contribution in [0, 0.1) is 5.92 Å². The maximum absolute atomic E-state index is 5.75. The minimum absolute atomic E-state index is 0.638. The summed E-state index contributed by atoms with van der Waals surface area (Å²) in [6, 6.07) is 10.3. The lowest BCUT2D eigenvalue weighted by Gasteiger charge is -2.15. The zero-order valence-electron chi connectivity index (χ0n) is 10.4. The van der Waals surface area contributed by atoms with Crippen LogP contribution in [0.1, 0.15) is 25.3 Å². The van der Waals surface area contributed by atoms with E-state index >= 15 is 0 Å². The summed E-state index contributed by atoms with van der Waals surface area (Å²) in [5.41, 5.74) is 1.25. The molecule has 16 heavy (non-hydrogen) atoms. The topological polar surface area (TPSA) is 21.3 Å². The quantitative estimate of drug-likeness (QED) is 0.729. The van der Waals surface area contributed by atoms with Gasteiger partial charge < -0.3 is 10.1 Å². The number of nitrogens with one attached hydrogen (secondary N) is 1. The molecule has 0 aliphatic rings. The van der Waals surface area contributed by atoms with E-state index in [4.69, 9.17) is 4.74 Å². The summed E-state index contributed by atoms with van der Waals surface area (Å²) in [6.45, 7) is 4.84. The number of benzene rings is 1. The third-order valence-electron chi connectivity index (χ3n) is 2.65. The molecule has 0 aliphatic carbocycles. The summed E-state index contributed by atoms with van der Waals surface area (Å²) in [5.74, 6) is 0.638. The molecular formula is C14H23NO. The van der Waals surface area contributed by atoms with Crippen molar-refractivity contribution < 1.29 is 4.74 Å². The van der Waals surface area contributed by atoms with Gasteiger partial charge in [-0.25, -0.2) is 0 Å². The summed E-state index contributed by atoms with van der Waals surface area (Å²) in [6.07, 6.45) is 2.46. The normalized spacial score (nSPS) is 12.6. The molecule has 0 aliphatic heterocycles. The fraction of sp³-hybridized carbons (Fsp3) is 0.571. The molecule has 0 saturated carbocycles. The third kappa shape index (κ3) is 5.29. The summed E-state index contributed by atoms with van der Waals surface area (Å²) < 4.78 is 5.75. The Balaban J connectivity index is 2.22. The van der Waals surface area contributed by atoms with Crippen LogP contribution in [0.15, 0.2) is 30.3 Å². The van der Waals surface area contributed by atoms with Gasteiger partial charge in [-0.2, -0.15) is 0 Å². The third-order valence-corrected chi connectivity index (χ3v) is 2.65. The predicted octanol–water partition coefficient (Wildman–Crippen LogP) is 2.84. The number of hydrogen-bond donors (Lipinski definition) is 1. The lowest BCUT2D eigenvalue weighted by molar-refractivity contribution is 0.0841. The van der Waals surface area contributed by atoms with Gasteiger partial charge >= 0.3 is 0 Å². The second-order valence-corrected chi connectivity index (χ2v) is 4.21. The Morgan fingerprint density at radius 1 is 1.25 bits per heavy atom. The van der Waals surface area contributed by atoms with E-state index in [2.05, 4.69) is 36.5 Å². The van der Waals surface area contributed by atoms with Crippen LogP contribution in [0.3, 0.4) is 0 Å². The lowest BCUT2D eigenvalue weighted by Crippen LogP contribution is -2.23. The van der Waals surface area contributed by atoms with Gasteiger partial charge in [-0.15, -0.1) is 0 Å². The van der Waals surface area contributed by atoms with E-state index in [0.29, 0.717) is 5.92 Å². The maximum atomic E-state index is 5.75. The fourth-order valence-corrected chi connectivity index (χ4v) is 1.86. The average Bonchev–Trinajstić information content (AvgIpc) is 2.31. The van der Waals surface area contributed by atoms with Crippen molar-refractivity contribution in [3.05, 3.63) is 35.9 Å². The van der Waals surface area contributed by atoms with E-state index in [1.54, 1.807) is 0 Å². The Morgan fingerprint density at radius 3 is 2.62 bits per heavy atom. The van der Waals surface area contributed by atoms with Crippen LogP contribution < -0.4 is 5.32 Å². The Labute approximate surface area is 99.0 Å². The van der Waals surface area contributed by atoms with Gasteiger partial charge in [0.2, 0.25) is 0 Å². The van der Waals surface area contributed by atoms with Crippen LogP contribution in [-0.4, -0.2) is 20.2 Å². The van der Waals surface area contributed by atoms with Gasteiger partial charge in [0.05, 0.1) is 13.2 Å². The van der Waals surface area contributed by atoms with Crippen molar-refractivity contribution >= 4 is 0 Å². The van der Waals surface area contributed by atoms with E-state index in [0.717, 1.165) is 19.8 Å². The smallest absolute Gasteiger partial charge is 0.0717 e. The molecule has 2 heteroatoms. The van der Waals surface area contributed by atoms with E-state index in [1.807, 2.05) is 13.1 Å². The highest BCUT2D eigenvalue weighted by Crippen LogP contribution is 2.08. The Kier molecular flexibility index (Phi) is 6.86. The molecule has 1 aromatic carbocycles. The molecule has 1 rings (SSSR count). The number of ether oxygens (including phenoxy) is 1. The Morgan fingerprint density at radius 2 is 2.00 bits per heavy atom. The van der Waals surface area contributed by atoms with Crippen LogP contribution in [0.5, 0.6) is 0 Å². The zero-order valence-corrected chi connectivity index (χ0v) is 10.4. The van der Waals surface area contributed by atoms with Crippen LogP contribution >= 0.6 is 0 Å². The van der Waals surface area contributed by atoms with Crippen molar-refractivity contribution in [3.8, 4) is 0 Å². The molecule has 1 atom stereocenters. The molecule has 1 unspecified atom stereocenters. The summed E-state index contributed by atoms with van der Waals surface area (Å²) in [5, 5.41) is 3.22. The van der Waals surface area contributed by atoms with Crippen LogP contribution in [0.4, 0.5) is 0 Å². The second kappa shape index (κ2) is 8.31. The molecule has 1 aromatic rings. The largest absolute Gasteiger partial charge is 0.376 e. The van der Waals surface area contributed by atoms with Crippen molar-refractivity contribution in [1.82, 2.24) is 5.32 Å². The van der Waals surface area contributed by atoms with Gasteiger partial charge in [-0.3, -0.25) is 0 Å². The molecule has 0 fully saturated rings. The van der Waals surface area contributed by atoms with E-state index in [1.165, 1.54) is 18.4 Å². The van der Waals surface area contributed by atoms with Crippen LogP contribution in [0.25, 0.3) is 0 Å². The van der Waals surface area contributed by atoms with Crippen molar-refractivity contribution in [2.75, 3.05) is 20.2 Å². The fourth-order valence-electron chi connectivity index (χ4n) is 1.86. The van der Waals surface area contributed by atoms with Gasteiger partial charge in [0.25, 0.3) is 0 Å². The standard InChI is InChI=1S/C14H23NO/c1-3-7-14(10-15-2)12-16-11-13-8-5-4-6-9-13/h4-6,8-9,14-15H,3,7,10-12H2,1-2H3. The molecule has 0 saturated heterocycles. The molecule has 0 bridgehead atoms. The molecule has 0 spiro atoms. The molecule has 0 radical (unpaired) electrons. The average molecular weight is 221 g/mol. The molecule has 90 valence electrons. The first-order valence-electron chi connectivity index (χ1n) is 6.13. The van der Waals surface area contributed by atoms with Gasteiger partial charge in [-0.1, -0.05) is 43.7 Å². The van der Waals surface area contributed by atoms with Crippen LogP contribution in [0.2, 0.25) is 0 Å². The first kappa shape index (κ1) is 13.2. The minimum Gasteiger partial charge on any atom is -0.376 e. The molecule has 0 heterocycles. The van der Waals surface area contributed by atoms with Crippen LogP contribution in [-0.2, 0) is 11.3 Å². The Hall–Kier alpha value is -0.860. The summed E-state index contributed by atoms with van der Waals surface area (Å²) >= 11 is 0. The SMILES string of the molecule is CCCC(CNC)COCc1ccccc1. The van der Waals surface area contributed by atoms with Gasteiger partial charge in [-0.05, 0) is 31.5 Å². The first-order chi connectivity index (χ1) is 7.86. The zero-order chi connectivity index (χ0) is 11.6. The summed E-state index contributed by atoms with van der Waals surface area (Å²) in [4.78, 5) is 0. The monoisotopic (exact) mass is 221 g/mol. The van der Waals surface area contributed by atoms with Gasteiger partial charge in [0.1, 0.15) is 0 Å². The molecule has 0 aromatic heterocycles. The van der Waals surface area contributed by atoms with E-state index in [9.17, 15) is 0 Å². The van der Waals surface area contributed by atoms with Crippen molar-refractivity contribution in [1.29, 1.82) is 0 Å². The van der Waals surface area contributed by atoms with Crippen molar-refractivity contribution in [2.45, 2.75) is 26.4 Å². The summed E-state index contributed by atoms with van der Waals surface area (Å²) in [7, 11) is 2.00. The number of hydrogen-bond acceptors (Lipinski definition) is 2. The highest BCUT2D eigenvalue weighted by molar-refractivity contribution is 5.13. The van der Waals surface area contributed by atoms with Crippen molar-refractivity contribution in [3.63, 3.8) is 0 Å². The van der Waals surface area contributed by atoms with Crippen molar-refractivity contribution in [2.24, 2.45) is 5.92 Å². The highest BCUT2D eigenvalue weighted by atomic mass is 16.5. The van der Waals surface area contributed by atoms with E-state index in [-0.39, 0.29) is 0 Å². The highest BCUT2D eigenvalue weighted by Gasteiger charge is 2.06. The first-order valence-corrected chi connectivity index (χ1v) is 6.13. The van der Waals surface area contributed by atoms with Gasteiger partial charge in [0, 0.05) is 0 Å². The second-order valence-electron chi connectivity index (χ2n) is 4.21.